The van der Waals surface area contributed by atoms with E-state index in [0.717, 1.165) is 37.7 Å². The van der Waals surface area contributed by atoms with E-state index in [1.807, 2.05) is 12.2 Å². The Morgan fingerprint density at radius 3 is 2.37 bits per heavy atom. The smallest absolute Gasteiger partial charge is 0.384 e. The summed E-state index contributed by atoms with van der Waals surface area (Å²) in [7, 11) is -2.71. The minimum Gasteiger partial charge on any atom is -0.449 e. The Morgan fingerprint density at radius 2 is 1.73 bits per heavy atom. The van der Waals surface area contributed by atoms with Crippen LogP contribution in [-0.2, 0) is 32.6 Å². The molecule has 0 fully saturated rings. The summed E-state index contributed by atoms with van der Waals surface area (Å²) in [6, 6.07) is 0. The number of methoxy groups -OCH3 is 1. The van der Waals surface area contributed by atoms with Crippen LogP contribution in [0.15, 0.2) is 60.3 Å². The minimum absolute atomic E-state index is 0.0457. The van der Waals surface area contributed by atoms with Crippen molar-refractivity contribution in [3.05, 3.63) is 60.3 Å². The number of hydrogen-bond acceptors (Lipinski definition) is 7. The van der Waals surface area contributed by atoms with Crippen molar-refractivity contribution in [2.75, 3.05) is 13.7 Å². The fourth-order valence-electron chi connectivity index (χ4n) is 5.82. The van der Waals surface area contributed by atoms with Gasteiger partial charge in [0.15, 0.2) is 16.6 Å². The lowest BCUT2D eigenvalue weighted by molar-refractivity contribution is -0.145. The molecule has 7 nitrogen and oxygen atoms in total. The van der Waals surface area contributed by atoms with Gasteiger partial charge < -0.3 is 27.8 Å². The number of carbonyl (C=O) groups is 1. The van der Waals surface area contributed by atoms with E-state index in [4.69, 9.17) is 27.8 Å². The Hall–Kier alpha value is -2.04. The van der Waals surface area contributed by atoms with Gasteiger partial charge in [-0.15, -0.1) is 0 Å². The van der Waals surface area contributed by atoms with Gasteiger partial charge in [0.05, 0.1) is 31.0 Å². The third-order valence-electron chi connectivity index (χ3n) is 11.1. The molecule has 0 saturated carbocycles. The summed E-state index contributed by atoms with van der Waals surface area (Å²) in [5, 5.41) is -0.00526. The minimum atomic E-state index is -2.30. The fraction of sp³-hybridized carbons (Fsp3) is 0.690. The van der Waals surface area contributed by atoms with E-state index in [1.165, 1.54) is 5.57 Å². The van der Waals surface area contributed by atoms with E-state index >= 15 is 0 Å². The second-order valence-electron chi connectivity index (χ2n) is 17.5. The number of hydrogen-bond donors (Lipinski definition) is 0. The van der Waals surface area contributed by atoms with Crippen LogP contribution in [0.5, 0.6) is 0 Å². The van der Waals surface area contributed by atoms with Crippen molar-refractivity contribution in [2.45, 2.75) is 172 Å². The van der Waals surface area contributed by atoms with Crippen LogP contribution >= 0.6 is 0 Å². The van der Waals surface area contributed by atoms with Gasteiger partial charge in [-0.2, -0.15) is 0 Å². The Labute approximate surface area is 312 Å². The first-order chi connectivity index (χ1) is 23.7. The maximum absolute atomic E-state index is 13.4. The van der Waals surface area contributed by atoms with E-state index < -0.39 is 34.8 Å². The molecule has 3 heterocycles. The second-order valence-corrected chi connectivity index (χ2v) is 27.0. The zero-order chi connectivity index (χ0) is 38.0. The third kappa shape index (κ3) is 13.7. The van der Waals surface area contributed by atoms with Crippen molar-refractivity contribution in [3.8, 4) is 11.8 Å². The number of carbonyl (C=O) groups excluding carboxylic acids is 1. The van der Waals surface area contributed by atoms with Crippen molar-refractivity contribution >= 4 is 22.6 Å². The van der Waals surface area contributed by atoms with E-state index in [-0.39, 0.29) is 40.6 Å². The van der Waals surface area contributed by atoms with Gasteiger partial charge in [-0.3, -0.25) is 0 Å². The van der Waals surface area contributed by atoms with Crippen molar-refractivity contribution < 1.29 is 32.6 Å². The van der Waals surface area contributed by atoms with Crippen molar-refractivity contribution in [2.24, 2.45) is 0 Å². The quantitative estimate of drug-likeness (QED) is 0.0807. The first kappa shape index (κ1) is 43.4. The molecule has 0 spiro atoms. The summed E-state index contributed by atoms with van der Waals surface area (Å²) in [5.74, 6) is 5.22. The molecule has 3 rings (SSSR count). The lowest BCUT2D eigenvalue weighted by atomic mass is 9.98. The first-order valence-electron chi connectivity index (χ1n) is 18.9. The molecule has 0 aromatic rings. The summed E-state index contributed by atoms with van der Waals surface area (Å²) in [4.78, 5) is 13.4. The molecule has 9 heteroatoms. The molecule has 0 aromatic carbocycles. The first-order valence-corrected chi connectivity index (χ1v) is 24.7. The molecule has 0 aromatic heterocycles. The molecule has 0 N–H and O–H groups in total. The highest BCUT2D eigenvalue weighted by Gasteiger charge is 2.41. The number of cyclic esters (lactones) is 1. The molecule has 0 saturated heterocycles. The summed E-state index contributed by atoms with van der Waals surface area (Å²) >= 11 is 0. The van der Waals surface area contributed by atoms with Crippen LogP contribution in [0.1, 0.15) is 93.4 Å². The van der Waals surface area contributed by atoms with Crippen LogP contribution in [0.25, 0.3) is 0 Å². The van der Waals surface area contributed by atoms with Crippen LogP contribution in [0, 0.1) is 11.8 Å². The molecule has 0 amide bonds. The molecule has 2 bridgehead atoms. The molecule has 51 heavy (non-hydrogen) atoms. The molecule has 0 aliphatic carbocycles. The van der Waals surface area contributed by atoms with Gasteiger partial charge >= 0.3 is 5.97 Å². The average Bonchev–Trinajstić information content (AvgIpc) is 3.01. The van der Waals surface area contributed by atoms with E-state index in [0.29, 0.717) is 19.4 Å². The highest BCUT2D eigenvalue weighted by molar-refractivity contribution is 6.74. The zero-order valence-electron chi connectivity index (χ0n) is 33.8. The summed E-state index contributed by atoms with van der Waals surface area (Å²) in [5.41, 5.74) is 2.45. The van der Waals surface area contributed by atoms with Crippen LogP contribution in [0.2, 0.25) is 36.3 Å². The van der Waals surface area contributed by atoms with Crippen LogP contribution < -0.4 is 0 Å². The van der Waals surface area contributed by atoms with Crippen LogP contribution in [0.4, 0.5) is 0 Å². The highest BCUT2D eigenvalue weighted by Crippen LogP contribution is 2.40. The van der Waals surface area contributed by atoms with E-state index in [9.17, 15) is 4.79 Å². The zero-order valence-corrected chi connectivity index (χ0v) is 35.8. The van der Waals surface area contributed by atoms with Gasteiger partial charge in [0.2, 0.25) is 0 Å². The van der Waals surface area contributed by atoms with Crippen molar-refractivity contribution in [3.63, 3.8) is 0 Å². The Kier molecular flexibility index (Phi) is 16.0. The standard InChI is InChI=1S/C42H68O7Si2/c1-31-17-14-20-37-36(44-9)25-23-33(46-37)18-16-22-40(43)47-38(21-15-19-35(30-31)48-50(10,11)41(3,4)5)39(49-51(12,13)42(6,7)8)26-24-34-29-32(2)27-28-45-34/h15,19,23-27,33-39H,1,14,17-18,20-21,28-30H2,2-13H3. The predicted octanol–water partition coefficient (Wildman–Crippen LogP) is 9.78. The largest absolute Gasteiger partial charge is 0.449 e. The van der Waals surface area contributed by atoms with Gasteiger partial charge in [-0.25, -0.2) is 4.79 Å². The van der Waals surface area contributed by atoms with Crippen LogP contribution in [-0.4, -0.2) is 79.0 Å². The van der Waals surface area contributed by atoms with E-state index in [1.54, 1.807) is 7.11 Å². The summed E-state index contributed by atoms with van der Waals surface area (Å²) in [6.45, 7) is 29.7. The normalized spacial score (nSPS) is 28.7. The average molecular weight is 741 g/mol. The molecule has 286 valence electrons. The maximum atomic E-state index is 13.4. The van der Waals surface area contributed by atoms with Gasteiger partial charge in [-0.1, -0.05) is 108 Å². The lowest BCUT2D eigenvalue weighted by Gasteiger charge is -2.40. The molecule has 0 radical (unpaired) electrons. The predicted molar refractivity (Wildman–Crippen MR) is 214 cm³/mol. The number of rotatable bonds is 8. The van der Waals surface area contributed by atoms with Gasteiger partial charge in [-0.05, 0) is 75.3 Å². The molecular formula is C42H68O7Si2. The van der Waals surface area contributed by atoms with E-state index in [2.05, 4.69) is 123 Å². The molecule has 7 atom stereocenters. The topological polar surface area (TPSA) is 72.5 Å². The van der Waals surface area contributed by atoms with Gasteiger partial charge in [0.25, 0.3) is 0 Å². The SMILES string of the molecule is C=C1CCCC2OC(C=CC2OC)CC#CC(=O)OC(C(C=CC2CC(C)=CCO2)O[Si](C)(C)C(C)(C)C)CC=CC(O[Si](C)(C)C(C)(C)C)C1. The Bertz CT molecular complexity index is 1350. The van der Waals surface area contributed by atoms with Crippen LogP contribution in [0.3, 0.4) is 0 Å². The molecule has 3 aliphatic rings. The lowest BCUT2D eigenvalue weighted by Crippen LogP contribution is -2.47. The molecule has 7 unspecified atom stereocenters. The summed E-state index contributed by atoms with van der Waals surface area (Å²) < 4.78 is 38.4. The van der Waals surface area contributed by atoms with Crippen molar-refractivity contribution in [1.82, 2.24) is 0 Å². The molecular weight excluding hydrogens is 673 g/mol. The Balaban J connectivity index is 2.03. The van der Waals surface area contributed by atoms with Crippen molar-refractivity contribution in [1.29, 1.82) is 0 Å². The highest BCUT2D eigenvalue weighted by atomic mass is 28.4. The fourth-order valence-corrected chi connectivity index (χ4v) is 8.36. The second kappa shape index (κ2) is 18.8. The molecule has 3 aliphatic heterocycles. The third-order valence-corrected chi connectivity index (χ3v) is 20.1. The Morgan fingerprint density at radius 1 is 1.02 bits per heavy atom. The summed E-state index contributed by atoms with van der Waals surface area (Å²) in [6.07, 6.45) is 17.8. The maximum Gasteiger partial charge on any atom is 0.384 e. The number of esters is 1. The van der Waals surface area contributed by atoms with Gasteiger partial charge in [0, 0.05) is 25.9 Å². The monoisotopic (exact) mass is 740 g/mol. The van der Waals surface area contributed by atoms with Gasteiger partial charge in [0.1, 0.15) is 18.3 Å². The number of ether oxygens (including phenoxy) is 4. The number of fused-ring (bicyclic) bond motifs is 2.